The van der Waals surface area contributed by atoms with E-state index in [4.69, 9.17) is 0 Å². The molecule has 2 N–H and O–H groups in total. The highest BCUT2D eigenvalue weighted by Crippen LogP contribution is 2.61. The first-order chi connectivity index (χ1) is 10.9. The minimum absolute atomic E-state index is 0.0587. The quantitative estimate of drug-likeness (QED) is 0.801. The van der Waals surface area contributed by atoms with Gasteiger partial charge in [0.25, 0.3) is 15.9 Å². The molecule has 1 saturated heterocycles. The topological polar surface area (TPSA) is 95.6 Å². The Morgan fingerprint density at radius 3 is 2.78 bits per heavy atom. The molecule has 0 aromatic heterocycles. The van der Waals surface area contributed by atoms with Crippen molar-refractivity contribution in [3.63, 3.8) is 0 Å². The summed E-state index contributed by atoms with van der Waals surface area (Å²) in [4.78, 5) is 26.0. The molecular weight excluding hydrogens is 318 g/mol. The van der Waals surface area contributed by atoms with E-state index < -0.39 is 16.1 Å². The number of nitrogens with zero attached hydrogens (tertiary/aromatic N) is 1. The van der Waals surface area contributed by atoms with Crippen molar-refractivity contribution >= 4 is 27.6 Å². The van der Waals surface area contributed by atoms with E-state index in [2.05, 4.69) is 5.32 Å². The van der Waals surface area contributed by atoms with Crippen molar-refractivity contribution in [2.75, 3.05) is 11.9 Å². The number of anilines is 1. The van der Waals surface area contributed by atoms with Gasteiger partial charge in [-0.3, -0.25) is 4.79 Å². The van der Waals surface area contributed by atoms with Crippen LogP contribution in [0.25, 0.3) is 0 Å². The van der Waals surface area contributed by atoms with Crippen LogP contribution >= 0.6 is 0 Å². The maximum absolute atomic E-state index is 12.8. The molecule has 3 amide bonds. The molecule has 8 heteroatoms. The van der Waals surface area contributed by atoms with E-state index in [9.17, 15) is 18.0 Å². The van der Waals surface area contributed by atoms with Gasteiger partial charge in [-0.15, -0.1) is 0 Å². The maximum atomic E-state index is 12.8. The number of likely N-dealkylation sites (tertiary alicyclic amines) is 1. The second kappa shape index (κ2) is 4.05. The molecule has 2 bridgehead atoms. The van der Waals surface area contributed by atoms with Crippen molar-refractivity contribution in [3.05, 3.63) is 23.8 Å². The van der Waals surface area contributed by atoms with Crippen LogP contribution in [-0.4, -0.2) is 37.8 Å². The van der Waals surface area contributed by atoms with Gasteiger partial charge in [0, 0.05) is 18.2 Å². The van der Waals surface area contributed by atoms with Crippen molar-refractivity contribution in [1.82, 2.24) is 9.62 Å². The molecule has 4 aliphatic rings. The van der Waals surface area contributed by atoms with Crippen molar-refractivity contribution in [2.24, 2.45) is 17.8 Å². The number of carbonyl (C=O) groups is 2. The van der Waals surface area contributed by atoms with Gasteiger partial charge >= 0.3 is 6.03 Å². The molecule has 2 aliphatic heterocycles. The Labute approximate surface area is 133 Å². The van der Waals surface area contributed by atoms with E-state index in [-0.39, 0.29) is 16.5 Å². The van der Waals surface area contributed by atoms with Gasteiger partial charge in [-0.1, -0.05) is 0 Å². The molecule has 0 unspecified atom stereocenters. The van der Waals surface area contributed by atoms with Crippen LogP contribution in [0.5, 0.6) is 0 Å². The van der Waals surface area contributed by atoms with Gasteiger partial charge < -0.3 is 10.2 Å². The van der Waals surface area contributed by atoms with Gasteiger partial charge in [-0.2, -0.15) is 0 Å². The number of hydrogen-bond acceptors (Lipinski definition) is 4. The van der Waals surface area contributed by atoms with Crippen LogP contribution in [0.2, 0.25) is 0 Å². The number of carbonyl (C=O) groups excluding carboxylic acids is 2. The molecule has 4 atom stereocenters. The van der Waals surface area contributed by atoms with Crippen LogP contribution < -0.4 is 10.0 Å². The highest BCUT2D eigenvalue weighted by atomic mass is 32.2. The van der Waals surface area contributed by atoms with Crippen molar-refractivity contribution in [2.45, 2.75) is 23.8 Å². The Kier molecular flexibility index (Phi) is 2.35. The fourth-order valence-corrected chi connectivity index (χ4v) is 5.64. The number of piperidine rings is 1. The maximum Gasteiger partial charge on any atom is 0.333 e. The molecule has 3 fully saturated rings. The second-order valence-electron chi connectivity index (χ2n) is 6.85. The van der Waals surface area contributed by atoms with E-state index in [1.165, 1.54) is 18.6 Å². The lowest BCUT2D eigenvalue weighted by Crippen LogP contribution is -2.41. The molecule has 5 rings (SSSR count). The molecular formula is C15H15N3O4S. The largest absolute Gasteiger partial charge is 0.335 e. The number of urea groups is 1. The van der Waals surface area contributed by atoms with Gasteiger partial charge in [0.2, 0.25) is 0 Å². The predicted octanol–water partition coefficient (Wildman–Crippen LogP) is 0.991. The average Bonchev–Trinajstić information content (AvgIpc) is 3.10. The number of nitrogens with one attached hydrogen (secondary N) is 2. The first-order valence-corrected chi connectivity index (χ1v) is 9.21. The van der Waals surface area contributed by atoms with E-state index in [1.807, 2.05) is 9.62 Å². The van der Waals surface area contributed by atoms with Crippen LogP contribution in [0.3, 0.4) is 0 Å². The fourth-order valence-electron chi connectivity index (χ4n) is 4.54. The Bertz CT molecular complexity index is 865. The van der Waals surface area contributed by atoms with Crippen LogP contribution in [0.1, 0.15) is 23.2 Å². The van der Waals surface area contributed by atoms with Crippen molar-refractivity contribution in [3.8, 4) is 0 Å². The predicted molar refractivity (Wildman–Crippen MR) is 80.3 cm³/mol. The number of hydrogen-bond donors (Lipinski definition) is 2. The Morgan fingerprint density at radius 1 is 1.22 bits per heavy atom. The lowest BCUT2D eigenvalue weighted by atomic mass is 10.1. The smallest absolute Gasteiger partial charge is 0.333 e. The summed E-state index contributed by atoms with van der Waals surface area (Å²) in [5.74, 6) is 1.97. The molecule has 2 heterocycles. The normalized spacial score (nSPS) is 35.1. The third kappa shape index (κ3) is 1.78. The van der Waals surface area contributed by atoms with Crippen molar-refractivity contribution < 1.29 is 18.0 Å². The Hall–Kier alpha value is -2.09. The standard InChI is InChI=1S/C15H15N3O4S/c19-14(18-6-8-3-12(18)10-5-9(8)10)7-1-2-11-13(4-7)23(21,22)17-15(20)16-11/h1-2,4,8-10,12H,3,5-6H2,(H2,16,17,20)/t8-,9-,10-,12-/m0/s1. The SMILES string of the molecule is O=C1Nc2ccc(C(=O)N3C[C@@H]4C[C@H]3[C@H]3C[C@@H]43)cc2S(=O)(=O)N1. The average molecular weight is 333 g/mol. The van der Waals surface area contributed by atoms with Gasteiger partial charge in [0.05, 0.1) is 5.69 Å². The van der Waals surface area contributed by atoms with Gasteiger partial charge in [-0.25, -0.2) is 17.9 Å². The first kappa shape index (κ1) is 13.4. The van der Waals surface area contributed by atoms with Crippen LogP contribution in [0, 0.1) is 17.8 Å². The molecule has 2 aliphatic carbocycles. The zero-order chi connectivity index (χ0) is 15.9. The zero-order valence-corrected chi connectivity index (χ0v) is 13.0. The van der Waals surface area contributed by atoms with Gasteiger partial charge in [0.15, 0.2) is 0 Å². The first-order valence-electron chi connectivity index (χ1n) is 7.73. The summed E-state index contributed by atoms with van der Waals surface area (Å²) < 4.78 is 26.0. The Morgan fingerprint density at radius 2 is 2.04 bits per heavy atom. The van der Waals surface area contributed by atoms with Gasteiger partial charge in [-0.05, 0) is 48.8 Å². The third-order valence-corrected chi connectivity index (χ3v) is 6.99. The summed E-state index contributed by atoms with van der Waals surface area (Å²) in [5.41, 5.74) is 0.561. The summed E-state index contributed by atoms with van der Waals surface area (Å²) in [6.45, 7) is 0.781. The number of amides is 3. The molecule has 7 nitrogen and oxygen atoms in total. The molecule has 120 valence electrons. The van der Waals surface area contributed by atoms with Gasteiger partial charge in [0.1, 0.15) is 4.90 Å². The minimum Gasteiger partial charge on any atom is -0.335 e. The number of benzene rings is 1. The molecule has 1 aromatic carbocycles. The highest BCUT2D eigenvalue weighted by Gasteiger charge is 2.61. The Balaban J connectivity index is 1.50. The highest BCUT2D eigenvalue weighted by molar-refractivity contribution is 7.90. The van der Waals surface area contributed by atoms with Crippen LogP contribution in [0.4, 0.5) is 10.5 Å². The fraction of sp³-hybridized carbons (Fsp3) is 0.467. The number of sulfonamides is 1. The van der Waals surface area contributed by atoms with Crippen LogP contribution in [0.15, 0.2) is 23.1 Å². The zero-order valence-electron chi connectivity index (χ0n) is 12.2. The summed E-state index contributed by atoms with van der Waals surface area (Å²) in [7, 11) is -3.92. The summed E-state index contributed by atoms with van der Waals surface area (Å²) >= 11 is 0. The number of fused-ring (bicyclic) bond motifs is 6. The lowest BCUT2D eigenvalue weighted by molar-refractivity contribution is 0.0692. The van der Waals surface area contributed by atoms with E-state index >= 15 is 0 Å². The second-order valence-corrected chi connectivity index (χ2v) is 8.51. The van der Waals surface area contributed by atoms with E-state index in [0.717, 1.165) is 18.9 Å². The molecule has 0 radical (unpaired) electrons. The summed E-state index contributed by atoms with van der Waals surface area (Å²) in [5, 5.41) is 2.44. The third-order valence-electron chi connectivity index (χ3n) is 5.62. The molecule has 1 aromatic rings. The lowest BCUT2D eigenvalue weighted by Gasteiger charge is -2.27. The molecule has 2 saturated carbocycles. The summed E-state index contributed by atoms with van der Waals surface area (Å²) in [6.07, 6.45) is 2.32. The summed E-state index contributed by atoms with van der Waals surface area (Å²) in [6, 6.07) is 3.96. The minimum atomic E-state index is -3.92. The van der Waals surface area contributed by atoms with Crippen molar-refractivity contribution in [1.29, 1.82) is 0 Å². The molecule has 23 heavy (non-hydrogen) atoms. The monoisotopic (exact) mass is 333 g/mol. The van der Waals surface area contributed by atoms with Crippen LogP contribution in [-0.2, 0) is 10.0 Å². The molecule has 0 spiro atoms. The van der Waals surface area contributed by atoms with E-state index in [0.29, 0.717) is 23.4 Å². The van der Waals surface area contributed by atoms with E-state index in [1.54, 1.807) is 6.07 Å². The number of rotatable bonds is 1.